The van der Waals surface area contributed by atoms with Crippen molar-refractivity contribution in [3.05, 3.63) is 83.6 Å². The number of anilines is 1. The van der Waals surface area contributed by atoms with E-state index in [1.807, 2.05) is 48.5 Å². The highest BCUT2D eigenvalue weighted by Crippen LogP contribution is 2.31. The lowest BCUT2D eigenvalue weighted by molar-refractivity contribution is 0.413. The summed E-state index contributed by atoms with van der Waals surface area (Å²) in [6.45, 7) is 0. The van der Waals surface area contributed by atoms with Crippen molar-refractivity contribution in [1.82, 2.24) is 4.98 Å². The average molecular weight is 345 g/mol. The van der Waals surface area contributed by atoms with E-state index in [0.717, 1.165) is 22.6 Å². The van der Waals surface area contributed by atoms with E-state index < -0.39 is 0 Å². The second-order valence-electron chi connectivity index (χ2n) is 5.64. The fourth-order valence-corrected chi connectivity index (χ4v) is 2.75. The molecular formula is C21H19N3O2. The summed E-state index contributed by atoms with van der Waals surface area (Å²) in [4.78, 5) is 4.33. The first-order valence-electron chi connectivity index (χ1n) is 8.14. The van der Waals surface area contributed by atoms with E-state index in [1.54, 1.807) is 32.5 Å². The lowest BCUT2D eigenvalue weighted by Gasteiger charge is -2.22. The predicted octanol–water partition coefficient (Wildman–Crippen LogP) is 4.17. The van der Waals surface area contributed by atoms with Crippen LogP contribution in [0.15, 0.2) is 66.9 Å². The Morgan fingerprint density at radius 1 is 0.923 bits per heavy atom. The van der Waals surface area contributed by atoms with Crippen molar-refractivity contribution in [3.63, 3.8) is 0 Å². The standard InChI is InChI=1S/C21H19N3O2/c1-25-18-9-3-6-15(12-18)20(16-7-4-10-19(13-16)26-2)24-21-17(14-22)8-5-11-23-21/h3-13,20H,1-2H3,(H,23,24). The molecule has 0 amide bonds. The molecule has 2 aromatic carbocycles. The van der Waals surface area contributed by atoms with Crippen LogP contribution in [0.5, 0.6) is 11.5 Å². The molecule has 3 aromatic rings. The Morgan fingerprint density at radius 2 is 1.54 bits per heavy atom. The second-order valence-corrected chi connectivity index (χ2v) is 5.64. The van der Waals surface area contributed by atoms with Crippen molar-refractivity contribution in [3.8, 4) is 17.6 Å². The molecule has 0 bridgehead atoms. The summed E-state index contributed by atoms with van der Waals surface area (Å²) in [6.07, 6.45) is 1.66. The smallest absolute Gasteiger partial charge is 0.144 e. The van der Waals surface area contributed by atoms with Crippen molar-refractivity contribution >= 4 is 5.82 Å². The molecule has 1 N–H and O–H groups in total. The zero-order valence-electron chi connectivity index (χ0n) is 14.6. The van der Waals surface area contributed by atoms with Crippen LogP contribution in [-0.4, -0.2) is 19.2 Å². The Labute approximate surface area is 152 Å². The quantitative estimate of drug-likeness (QED) is 0.726. The third kappa shape index (κ3) is 3.76. The van der Waals surface area contributed by atoms with Gasteiger partial charge in [-0.3, -0.25) is 0 Å². The summed E-state index contributed by atoms with van der Waals surface area (Å²) >= 11 is 0. The highest BCUT2D eigenvalue weighted by Gasteiger charge is 2.17. The van der Waals surface area contributed by atoms with Gasteiger partial charge in [0.05, 0.1) is 25.8 Å². The van der Waals surface area contributed by atoms with Gasteiger partial charge in [0.1, 0.15) is 23.4 Å². The van der Waals surface area contributed by atoms with Crippen LogP contribution in [0.25, 0.3) is 0 Å². The van der Waals surface area contributed by atoms with Gasteiger partial charge in [0.2, 0.25) is 0 Å². The summed E-state index contributed by atoms with van der Waals surface area (Å²) in [6, 6.07) is 21.1. The molecule has 0 unspecified atom stereocenters. The number of nitrogens with one attached hydrogen (secondary N) is 1. The van der Waals surface area contributed by atoms with E-state index >= 15 is 0 Å². The van der Waals surface area contributed by atoms with Crippen LogP contribution in [0.1, 0.15) is 22.7 Å². The monoisotopic (exact) mass is 345 g/mol. The minimum Gasteiger partial charge on any atom is -0.497 e. The topological polar surface area (TPSA) is 67.2 Å². The molecule has 0 aliphatic carbocycles. The van der Waals surface area contributed by atoms with Gasteiger partial charge in [-0.2, -0.15) is 5.26 Å². The van der Waals surface area contributed by atoms with Crippen LogP contribution in [-0.2, 0) is 0 Å². The number of aromatic nitrogens is 1. The summed E-state index contributed by atoms with van der Waals surface area (Å²) in [5.74, 6) is 2.06. The third-order valence-corrected chi connectivity index (χ3v) is 4.06. The van der Waals surface area contributed by atoms with Crippen molar-refractivity contribution in [2.75, 3.05) is 19.5 Å². The van der Waals surface area contributed by atoms with Crippen LogP contribution >= 0.6 is 0 Å². The van der Waals surface area contributed by atoms with Crippen LogP contribution in [0, 0.1) is 11.3 Å². The van der Waals surface area contributed by atoms with Crippen LogP contribution in [0.4, 0.5) is 5.82 Å². The number of ether oxygens (including phenoxy) is 2. The van der Waals surface area contributed by atoms with Gasteiger partial charge in [-0.1, -0.05) is 24.3 Å². The van der Waals surface area contributed by atoms with Crippen molar-refractivity contribution in [1.29, 1.82) is 5.26 Å². The molecule has 3 rings (SSSR count). The summed E-state index contributed by atoms with van der Waals surface area (Å²) in [7, 11) is 3.28. The number of pyridine rings is 1. The SMILES string of the molecule is COc1cccc(C(Nc2ncccc2C#N)c2cccc(OC)c2)c1. The number of hydrogen-bond donors (Lipinski definition) is 1. The van der Waals surface area contributed by atoms with Crippen molar-refractivity contribution < 1.29 is 9.47 Å². The Bertz CT molecular complexity index is 887. The Balaban J connectivity index is 2.07. The maximum absolute atomic E-state index is 9.37. The molecule has 0 atom stereocenters. The van der Waals surface area contributed by atoms with Gasteiger partial charge in [0.25, 0.3) is 0 Å². The van der Waals surface area contributed by atoms with Gasteiger partial charge in [-0.15, -0.1) is 0 Å². The van der Waals surface area contributed by atoms with E-state index in [4.69, 9.17) is 9.47 Å². The van der Waals surface area contributed by atoms with Gasteiger partial charge < -0.3 is 14.8 Å². The number of rotatable bonds is 6. The lowest BCUT2D eigenvalue weighted by Crippen LogP contribution is -2.14. The fraction of sp³-hybridized carbons (Fsp3) is 0.143. The van der Waals surface area contributed by atoms with Gasteiger partial charge in [0.15, 0.2) is 0 Å². The molecule has 0 radical (unpaired) electrons. The van der Waals surface area contributed by atoms with Crippen LogP contribution < -0.4 is 14.8 Å². The first-order chi connectivity index (χ1) is 12.7. The molecule has 130 valence electrons. The summed E-state index contributed by atoms with van der Waals surface area (Å²) < 4.78 is 10.7. The van der Waals surface area contributed by atoms with Gasteiger partial charge in [0, 0.05) is 6.20 Å². The van der Waals surface area contributed by atoms with Gasteiger partial charge in [-0.25, -0.2) is 4.98 Å². The zero-order valence-corrected chi connectivity index (χ0v) is 14.6. The molecule has 0 saturated heterocycles. The Morgan fingerprint density at radius 3 is 2.08 bits per heavy atom. The largest absolute Gasteiger partial charge is 0.497 e. The van der Waals surface area contributed by atoms with E-state index in [9.17, 15) is 5.26 Å². The molecule has 5 heteroatoms. The Kier molecular flexibility index (Phi) is 5.35. The number of hydrogen-bond acceptors (Lipinski definition) is 5. The minimum absolute atomic E-state index is 0.220. The number of methoxy groups -OCH3 is 2. The molecule has 26 heavy (non-hydrogen) atoms. The normalized spacial score (nSPS) is 10.2. The molecule has 1 aromatic heterocycles. The molecule has 0 spiro atoms. The minimum atomic E-state index is -0.220. The molecule has 5 nitrogen and oxygen atoms in total. The molecule has 1 heterocycles. The maximum Gasteiger partial charge on any atom is 0.144 e. The molecule has 0 saturated carbocycles. The first-order valence-corrected chi connectivity index (χ1v) is 8.14. The van der Waals surface area contributed by atoms with Crippen LogP contribution in [0.2, 0.25) is 0 Å². The summed E-state index contributed by atoms with van der Waals surface area (Å²) in [5, 5.41) is 12.8. The van der Waals surface area contributed by atoms with Crippen molar-refractivity contribution in [2.24, 2.45) is 0 Å². The summed E-state index contributed by atoms with van der Waals surface area (Å²) in [5.41, 5.74) is 2.47. The van der Waals surface area contributed by atoms with E-state index in [-0.39, 0.29) is 6.04 Å². The second kappa shape index (κ2) is 8.04. The van der Waals surface area contributed by atoms with E-state index in [0.29, 0.717) is 11.4 Å². The maximum atomic E-state index is 9.37. The van der Waals surface area contributed by atoms with Crippen molar-refractivity contribution in [2.45, 2.75) is 6.04 Å². The zero-order chi connectivity index (χ0) is 18.4. The van der Waals surface area contributed by atoms with Crippen LogP contribution in [0.3, 0.4) is 0 Å². The number of nitrogens with zero attached hydrogens (tertiary/aromatic N) is 2. The van der Waals surface area contributed by atoms with Gasteiger partial charge in [-0.05, 0) is 47.5 Å². The third-order valence-electron chi connectivity index (χ3n) is 4.06. The highest BCUT2D eigenvalue weighted by molar-refractivity contribution is 5.55. The fourth-order valence-electron chi connectivity index (χ4n) is 2.75. The number of nitriles is 1. The number of benzene rings is 2. The van der Waals surface area contributed by atoms with E-state index in [1.165, 1.54) is 0 Å². The molecule has 0 aliphatic rings. The Hall–Kier alpha value is -3.52. The first kappa shape index (κ1) is 17.3. The molecular weight excluding hydrogens is 326 g/mol. The highest BCUT2D eigenvalue weighted by atomic mass is 16.5. The van der Waals surface area contributed by atoms with E-state index in [2.05, 4.69) is 16.4 Å². The molecule has 0 fully saturated rings. The average Bonchev–Trinajstić information content (AvgIpc) is 2.72. The van der Waals surface area contributed by atoms with Gasteiger partial charge >= 0.3 is 0 Å². The predicted molar refractivity (Wildman–Crippen MR) is 100 cm³/mol. The molecule has 0 aliphatic heterocycles. The lowest BCUT2D eigenvalue weighted by atomic mass is 9.98.